The lowest BCUT2D eigenvalue weighted by atomic mass is 10.0. The molecule has 0 radical (unpaired) electrons. The zero-order valence-electron chi connectivity index (χ0n) is 16.0. The van der Waals surface area contributed by atoms with Gasteiger partial charge in [0.15, 0.2) is 12.3 Å². The summed E-state index contributed by atoms with van der Waals surface area (Å²) in [7, 11) is 2.70. The van der Waals surface area contributed by atoms with Gasteiger partial charge in [-0.1, -0.05) is 60.7 Å². The monoisotopic (exact) mass is 402 g/mol. The van der Waals surface area contributed by atoms with Crippen LogP contribution >= 0.6 is 0 Å². The molecule has 3 atom stereocenters. The molecule has 2 aromatic rings. The number of methoxy groups -OCH3 is 1. The number of benzene rings is 2. The average molecular weight is 402 g/mol. The van der Waals surface area contributed by atoms with Crippen LogP contribution in [-0.4, -0.2) is 55.3 Å². The molecule has 0 aromatic heterocycles. The van der Waals surface area contributed by atoms with E-state index in [1.54, 1.807) is 0 Å². The van der Waals surface area contributed by atoms with E-state index in [-0.39, 0.29) is 6.61 Å². The van der Waals surface area contributed by atoms with Crippen molar-refractivity contribution in [1.29, 1.82) is 0 Å². The highest BCUT2D eigenvalue weighted by Gasteiger charge is 2.52. The largest absolute Gasteiger partial charge is 0.451 e. The van der Waals surface area contributed by atoms with Crippen LogP contribution in [0.25, 0.3) is 0 Å². The fourth-order valence-corrected chi connectivity index (χ4v) is 3.22. The third kappa shape index (κ3) is 4.60. The number of carbonyl (C=O) groups is 1. The molecule has 9 heteroatoms. The first kappa shape index (κ1) is 20.9. The molecule has 9 nitrogen and oxygen atoms in total. The maximum Gasteiger partial charge on any atom is 0.344 e. The molecule has 0 bridgehead atoms. The summed E-state index contributed by atoms with van der Waals surface area (Å²) in [5, 5.41) is 12.6. The number of nitrogens with zero attached hydrogens (tertiary/aromatic N) is 2. The molecule has 1 heterocycles. The van der Waals surface area contributed by atoms with Gasteiger partial charge in [-0.15, -0.1) is 5.06 Å². The molecule has 1 fully saturated rings. The Kier molecular flexibility index (Phi) is 6.89. The molecule has 29 heavy (non-hydrogen) atoms. The number of morpholine rings is 1. The van der Waals surface area contributed by atoms with E-state index in [2.05, 4.69) is 0 Å². The molecule has 3 unspecified atom stereocenters. The van der Waals surface area contributed by atoms with Gasteiger partial charge in [0.1, 0.15) is 0 Å². The molecule has 2 aromatic carbocycles. The highest BCUT2D eigenvalue weighted by Crippen LogP contribution is 2.29. The van der Waals surface area contributed by atoms with Gasteiger partial charge in [0.2, 0.25) is 6.04 Å². The van der Waals surface area contributed by atoms with Gasteiger partial charge in [-0.2, -0.15) is 0 Å². The first-order valence-corrected chi connectivity index (χ1v) is 8.97. The van der Waals surface area contributed by atoms with Gasteiger partial charge in [0.25, 0.3) is 0 Å². The lowest BCUT2D eigenvalue weighted by Crippen LogP contribution is -2.62. The molecule has 0 N–H and O–H groups in total. The van der Waals surface area contributed by atoms with Crippen LogP contribution in [0.5, 0.6) is 0 Å². The van der Waals surface area contributed by atoms with Crippen LogP contribution in [0.15, 0.2) is 60.7 Å². The number of rotatable bonds is 7. The number of esters is 1. The van der Waals surface area contributed by atoms with Crippen LogP contribution in [0.4, 0.5) is 0 Å². The summed E-state index contributed by atoms with van der Waals surface area (Å²) >= 11 is 0. The molecule has 0 aliphatic carbocycles. The van der Waals surface area contributed by atoms with Crippen molar-refractivity contribution in [3.05, 3.63) is 81.9 Å². The molecule has 0 spiro atoms. The topological polar surface area (TPSA) is 100 Å². The zero-order valence-corrected chi connectivity index (χ0v) is 16.0. The predicted octanol–water partition coefficient (Wildman–Crippen LogP) is 2.16. The third-order valence-electron chi connectivity index (χ3n) is 4.61. The van der Waals surface area contributed by atoms with E-state index >= 15 is 0 Å². The number of carbonyl (C=O) groups excluding carboxylic acids is 1. The third-order valence-corrected chi connectivity index (χ3v) is 4.61. The van der Waals surface area contributed by atoms with Gasteiger partial charge in [-0.05, 0) is 11.1 Å². The first-order chi connectivity index (χ1) is 14.1. The van der Waals surface area contributed by atoms with Gasteiger partial charge in [-0.25, -0.2) is 4.79 Å². The van der Waals surface area contributed by atoms with Crippen LogP contribution in [0.3, 0.4) is 0 Å². The highest BCUT2D eigenvalue weighted by atomic mass is 16.7. The van der Waals surface area contributed by atoms with Crippen LogP contribution in [-0.2, 0) is 23.8 Å². The zero-order chi connectivity index (χ0) is 20.8. The molecule has 1 aliphatic heterocycles. The summed E-state index contributed by atoms with van der Waals surface area (Å²) < 4.78 is 16.2. The number of hydrogen-bond acceptors (Lipinski definition) is 8. The van der Waals surface area contributed by atoms with Crippen molar-refractivity contribution >= 4 is 5.97 Å². The van der Waals surface area contributed by atoms with Crippen LogP contribution in [0.2, 0.25) is 0 Å². The molecule has 154 valence electrons. The molecular formula is C20H22N2O7. The van der Waals surface area contributed by atoms with E-state index in [9.17, 15) is 14.9 Å². The van der Waals surface area contributed by atoms with Gasteiger partial charge >= 0.3 is 12.2 Å². The first-order valence-electron chi connectivity index (χ1n) is 8.97. The van der Waals surface area contributed by atoms with Gasteiger partial charge in [0.05, 0.1) is 18.6 Å². The molecule has 0 amide bonds. The van der Waals surface area contributed by atoms with Crippen molar-refractivity contribution in [2.45, 2.75) is 24.6 Å². The second-order valence-electron chi connectivity index (χ2n) is 6.33. The van der Waals surface area contributed by atoms with E-state index in [4.69, 9.17) is 19.0 Å². The minimum atomic E-state index is -1.65. The van der Waals surface area contributed by atoms with Crippen molar-refractivity contribution in [1.82, 2.24) is 5.06 Å². The number of ether oxygens (including phenoxy) is 3. The van der Waals surface area contributed by atoms with Gasteiger partial charge in [-0.3, -0.25) is 15.0 Å². The Morgan fingerprint density at radius 3 is 2.10 bits per heavy atom. The molecule has 1 saturated heterocycles. The minimum absolute atomic E-state index is 0.124. The summed E-state index contributed by atoms with van der Waals surface area (Å²) in [6, 6.07) is 16.8. The van der Waals surface area contributed by atoms with E-state index in [0.29, 0.717) is 0 Å². The molecular weight excluding hydrogens is 380 g/mol. The lowest BCUT2D eigenvalue weighted by Gasteiger charge is -2.38. The standard InChI is InChI=1S/C20H22N2O7/c1-26-16-13-28-19(22(24)25)17(21(16)27-2)20(23)29-18(14-9-5-3-6-10-14)15-11-7-4-8-12-15/h3-12,16-19H,13H2,1-2H3. The Morgan fingerprint density at radius 1 is 1.10 bits per heavy atom. The van der Waals surface area contributed by atoms with Crippen LogP contribution in [0, 0.1) is 10.1 Å². The molecule has 0 saturated carbocycles. The number of nitro groups is 1. The summed E-state index contributed by atoms with van der Waals surface area (Å²) in [5.41, 5.74) is 1.46. The lowest BCUT2D eigenvalue weighted by molar-refractivity contribution is -0.598. The molecule has 3 rings (SSSR count). The molecule has 1 aliphatic rings. The van der Waals surface area contributed by atoms with Crippen molar-refractivity contribution < 1.29 is 28.8 Å². The Morgan fingerprint density at radius 2 is 1.66 bits per heavy atom. The van der Waals surface area contributed by atoms with Crippen molar-refractivity contribution in [2.75, 3.05) is 20.8 Å². The average Bonchev–Trinajstić information content (AvgIpc) is 2.77. The second kappa shape index (κ2) is 9.57. The Hall–Kier alpha value is -2.85. The Bertz CT molecular complexity index is 779. The Labute approximate surface area is 167 Å². The maximum absolute atomic E-state index is 13.1. The fourth-order valence-electron chi connectivity index (χ4n) is 3.22. The highest BCUT2D eigenvalue weighted by molar-refractivity contribution is 5.77. The minimum Gasteiger partial charge on any atom is -0.451 e. The van der Waals surface area contributed by atoms with E-state index in [0.717, 1.165) is 16.2 Å². The van der Waals surface area contributed by atoms with Crippen molar-refractivity contribution in [3.63, 3.8) is 0 Å². The quantitative estimate of drug-likeness (QED) is 0.395. The van der Waals surface area contributed by atoms with Crippen molar-refractivity contribution in [2.24, 2.45) is 0 Å². The predicted molar refractivity (Wildman–Crippen MR) is 101 cm³/mol. The summed E-state index contributed by atoms with van der Waals surface area (Å²) in [6.45, 7) is -0.124. The smallest absolute Gasteiger partial charge is 0.344 e. The van der Waals surface area contributed by atoms with E-state index < -0.39 is 35.5 Å². The second-order valence-corrected chi connectivity index (χ2v) is 6.33. The summed E-state index contributed by atoms with van der Waals surface area (Å²) in [5.74, 6) is -0.854. The van der Waals surface area contributed by atoms with Gasteiger partial charge < -0.3 is 14.2 Å². The number of hydrogen-bond donors (Lipinski definition) is 0. The summed E-state index contributed by atoms with van der Waals surface area (Å²) in [6.07, 6.45) is -3.19. The van der Waals surface area contributed by atoms with E-state index in [1.165, 1.54) is 14.2 Å². The fraction of sp³-hybridized carbons (Fsp3) is 0.350. The van der Waals surface area contributed by atoms with Gasteiger partial charge in [0, 0.05) is 7.11 Å². The Balaban J connectivity index is 1.93. The maximum atomic E-state index is 13.1. The van der Waals surface area contributed by atoms with Crippen LogP contribution < -0.4 is 0 Å². The van der Waals surface area contributed by atoms with E-state index in [1.807, 2.05) is 60.7 Å². The summed E-state index contributed by atoms with van der Waals surface area (Å²) in [4.78, 5) is 29.2. The van der Waals surface area contributed by atoms with Crippen LogP contribution in [0.1, 0.15) is 17.2 Å². The number of hydroxylamine groups is 2. The van der Waals surface area contributed by atoms with Crippen molar-refractivity contribution in [3.8, 4) is 0 Å². The normalized spacial score (nSPS) is 22.4. The SMILES string of the molecule is COC1COC([N+](=O)[O-])C(C(=O)OC(c2ccccc2)c2ccccc2)N1OC.